The number of nitrogens with zero attached hydrogens (tertiary/aromatic N) is 7. The summed E-state index contributed by atoms with van der Waals surface area (Å²) in [5, 5.41) is 7.22. The van der Waals surface area contributed by atoms with E-state index in [2.05, 4.69) is 31.5 Å². The number of hydrogen-bond acceptors (Lipinski definition) is 9. The SMILES string of the molecule is C=N/C(N)=C1/C(c2ccc(Oc3ccccc3)cc2)=NN(C2CCN(C3CC4(CCN(CC5CN(C(=O)OC(C)(C)C)C5)CC4)C3)CC2)/C1=N/C. The molecule has 2 aromatic carbocycles. The molecule has 1 spiro atoms. The van der Waals surface area contributed by atoms with Crippen LogP contribution in [0.3, 0.4) is 0 Å². The molecule has 1 aliphatic carbocycles. The summed E-state index contributed by atoms with van der Waals surface area (Å²) < 4.78 is 11.5. The molecule has 272 valence electrons. The van der Waals surface area contributed by atoms with Crippen LogP contribution in [0.4, 0.5) is 4.79 Å². The number of piperidine rings is 2. The van der Waals surface area contributed by atoms with Gasteiger partial charge in [0, 0.05) is 57.3 Å². The second-order valence-electron chi connectivity index (χ2n) is 16.1. The van der Waals surface area contributed by atoms with Crippen molar-refractivity contribution in [1.82, 2.24) is 19.7 Å². The quantitative estimate of drug-likeness (QED) is 0.339. The molecule has 2 N–H and O–H groups in total. The highest BCUT2D eigenvalue weighted by Gasteiger charge is 2.49. The van der Waals surface area contributed by atoms with Gasteiger partial charge >= 0.3 is 6.09 Å². The van der Waals surface area contributed by atoms with Gasteiger partial charge in [0.1, 0.15) is 28.6 Å². The Labute approximate surface area is 302 Å². The summed E-state index contributed by atoms with van der Waals surface area (Å²) in [6.07, 6.45) is 7.07. The van der Waals surface area contributed by atoms with Gasteiger partial charge in [-0.05, 0) is 121 Å². The molecule has 7 rings (SSSR count). The normalized spacial score (nSPS) is 23.9. The van der Waals surface area contributed by atoms with E-state index in [1.54, 1.807) is 7.05 Å². The van der Waals surface area contributed by atoms with Gasteiger partial charge in [0.25, 0.3) is 0 Å². The lowest BCUT2D eigenvalue weighted by Gasteiger charge is -2.56. The fraction of sp³-hybridized carbons (Fsp3) is 0.550. The van der Waals surface area contributed by atoms with Crippen LogP contribution >= 0.6 is 0 Å². The lowest BCUT2D eigenvalue weighted by Crippen LogP contribution is -2.59. The van der Waals surface area contributed by atoms with Gasteiger partial charge in [0.15, 0.2) is 5.84 Å². The van der Waals surface area contributed by atoms with Gasteiger partial charge in [-0.3, -0.25) is 4.99 Å². The molecule has 0 radical (unpaired) electrons. The van der Waals surface area contributed by atoms with Crippen LogP contribution in [0.2, 0.25) is 0 Å². The van der Waals surface area contributed by atoms with E-state index >= 15 is 0 Å². The van der Waals surface area contributed by atoms with Crippen LogP contribution in [0.1, 0.15) is 64.9 Å². The maximum atomic E-state index is 12.3. The second-order valence-corrected chi connectivity index (χ2v) is 16.1. The van der Waals surface area contributed by atoms with Gasteiger partial charge in [0.2, 0.25) is 0 Å². The lowest BCUT2D eigenvalue weighted by atomic mass is 9.59. The molecule has 4 aliphatic heterocycles. The van der Waals surface area contributed by atoms with Crippen molar-refractivity contribution in [2.45, 2.75) is 77.0 Å². The highest BCUT2D eigenvalue weighted by Crippen LogP contribution is 2.51. The van der Waals surface area contributed by atoms with E-state index in [0.717, 1.165) is 79.7 Å². The molecule has 3 saturated heterocycles. The van der Waals surface area contributed by atoms with Gasteiger partial charge in [-0.15, -0.1) is 0 Å². The van der Waals surface area contributed by atoms with E-state index in [9.17, 15) is 4.79 Å². The van der Waals surface area contributed by atoms with E-state index < -0.39 is 5.60 Å². The first-order valence-electron chi connectivity index (χ1n) is 18.6. The highest BCUT2D eigenvalue weighted by atomic mass is 16.6. The molecule has 4 fully saturated rings. The number of benzene rings is 2. The minimum atomic E-state index is -0.437. The Morgan fingerprint density at radius 2 is 1.61 bits per heavy atom. The average Bonchev–Trinajstić information content (AvgIpc) is 3.48. The summed E-state index contributed by atoms with van der Waals surface area (Å²) in [5.74, 6) is 3.20. The van der Waals surface area contributed by atoms with Crippen molar-refractivity contribution in [3.8, 4) is 11.5 Å². The molecule has 0 unspecified atom stereocenters. The Morgan fingerprint density at radius 1 is 0.961 bits per heavy atom. The minimum absolute atomic E-state index is 0.175. The Bertz CT molecular complexity index is 1650. The molecule has 11 nitrogen and oxygen atoms in total. The summed E-state index contributed by atoms with van der Waals surface area (Å²) in [7, 11) is 1.80. The van der Waals surface area contributed by atoms with E-state index in [1.807, 2.05) is 80.3 Å². The van der Waals surface area contributed by atoms with Crippen molar-refractivity contribution in [3.63, 3.8) is 0 Å². The predicted molar refractivity (Wildman–Crippen MR) is 202 cm³/mol. The zero-order valence-corrected chi connectivity index (χ0v) is 30.8. The molecular weight excluding hydrogens is 640 g/mol. The van der Waals surface area contributed by atoms with Crippen molar-refractivity contribution >= 4 is 24.4 Å². The maximum absolute atomic E-state index is 12.3. The number of carbonyl (C=O) groups is 1. The number of para-hydroxylation sites is 1. The molecular formula is C40H54N8O3. The number of ether oxygens (including phenoxy) is 2. The first-order valence-corrected chi connectivity index (χ1v) is 18.6. The molecule has 2 aromatic rings. The zero-order chi connectivity index (χ0) is 35.8. The Hall–Kier alpha value is -4.22. The van der Waals surface area contributed by atoms with Crippen molar-refractivity contribution in [2.24, 2.45) is 32.2 Å². The molecule has 11 heteroatoms. The number of hydrogen-bond donors (Lipinski definition) is 1. The number of likely N-dealkylation sites (tertiary alicyclic amines) is 3. The fourth-order valence-corrected chi connectivity index (χ4v) is 8.55. The largest absolute Gasteiger partial charge is 0.457 e. The van der Waals surface area contributed by atoms with Gasteiger partial charge in [-0.25, -0.2) is 14.8 Å². The minimum Gasteiger partial charge on any atom is -0.457 e. The fourth-order valence-electron chi connectivity index (χ4n) is 8.55. The first kappa shape index (κ1) is 35.2. The average molecular weight is 695 g/mol. The zero-order valence-electron chi connectivity index (χ0n) is 30.8. The number of rotatable bonds is 8. The highest BCUT2D eigenvalue weighted by molar-refractivity contribution is 6.32. The molecule has 0 aromatic heterocycles. The van der Waals surface area contributed by atoms with Gasteiger partial charge < -0.3 is 29.9 Å². The van der Waals surface area contributed by atoms with Crippen LogP contribution < -0.4 is 10.5 Å². The van der Waals surface area contributed by atoms with Crippen LogP contribution in [0.5, 0.6) is 11.5 Å². The number of carbonyl (C=O) groups excluding carboxylic acids is 1. The Morgan fingerprint density at radius 3 is 2.22 bits per heavy atom. The van der Waals surface area contributed by atoms with Crippen LogP contribution in [-0.2, 0) is 4.74 Å². The summed E-state index contributed by atoms with van der Waals surface area (Å²) >= 11 is 0. The van der Waals surface area contributed by atoms with Crippen molar-refractivity contribution in [2.75, 3.05) is 52.9 Å². The van der Waals surface area contributed by atoms with Crippen LogP contribution in [0.25, 0.3) is 0 Å². The number of amidine groups is 1. The van der Waals surface area contributed by atoms with Crippen LogP contribution in [-0.4, -0.2) is 115 Å². The number of hydrazone groups is 1. The molecule has 4 heterocycles. The molecule has 51 heavy (non-hydrogen) atoms. The van der Waals surface area contributed by atoms with Crippen LogP contribution in [0, 0.1) is 11.3 Å². The third-order valence-corrected chi connectivity index (χ3v) is 11.4. The predicted octanol–water partition coefficient (Wildman–Crippen LogP) is 5.97. The molecule has 1 amide bonds. The summed E-state index contributed by atoms with van der Waals surface area (Å²) in [6.45, 7) is 16.7. The Balaban J connectivity index is 0.899. The van der Waals surface area contributed by atoms with Crippen molar-refractivity contribution in [3.05, 3.63) is 71.6 Å². The molecule has 5 aliphatic rings. The number of nitrogens with two attached hydrogens (primary N) is 1. The van der Waals surface area contributed by atoms with E-state index in [1.165, 1.54) is 38.8 Å². The topological polar surface area (TPSA) is 112 Å². The third-order valence-electron chi connectivity index (χ3n) is 11.4. The molecule has 0 atom stereocenters. The summed E-state index contributed by atoms with van der Waals surface area (Å²) in [5.41, 5.74) is 8.93. The molecule has 0 bridgehead atoms. The van der Waals surface area contributed by atoms with E-state index in [4.69, 9.17) is 20.3 Å². The smallest absolute Gasteiger partial charge is 0.410 e. The second kappa shape index (κ2) is 14.4. The van der Waals surface area contributed by atoms with E-state index in [-0.39, 0.29) is 12.1 Å². The van der Waals surface area contributed by atoms with Gasteiger partial charge in [-0.2, -0.15) is 5.10 Å². The van der Waals surface area contributed by atoms with Gasteiger partial charge in [0.05, 0.1) is 11.6 Å². The molecule has 1 saturated carbocycles. The van der Waals surface area contributed by atoms with Crippen molar-refractivity contribution in [1.29, 1.82) is 0 Å². The first-order chi connectivity index (χ1) is 24.5. The third kappa shape index (κ3) is 7.70. The standard InChI is InChI=1S/C40H54N8O3/c1-39(2,3)51-38(49)47-26-28(27-47)25-45-21-17-40(18-22-45)23-31(24-40)46-19-15-30(16-20-46)48-37(43-5)34(36(41)42-4)35(44-48)29-11-13-33(14-12-29)50-32-9-7-6-8-10-32/h6-14,28,30-31H,4,15-27,41H2,1-3,5H3/b36-34-,43-37+. The summed E-state index contributed by atoms with van der Waals surface area (Å²) in [4.78, 5) is 28.3. The van der Waals surface area contributed by atoms with Gasteiger partial charge in [-0.1, -0.05) is 18.2 Å². The number of aliphatic imine (C=N–C) groups is 2. The van der Waals surface area contributed by atoms with Crippen LogP contribution in [0.15, 0.2) is 81.1 Å². The maximum Gasteiger partial charge on any atom is 0.410 e. The summed E-state index contributed by atoms with van der Waals surface area (Å²) in [6, 6.07) is 18.6. The number of amides is 1. The monoisotopic (exact) mass is 694 g/mol. The van der Waals surface area contributed by atoms with E-state index in [0.29, 0.717) is 23.2 Å². The lowest BCUT2D eigenvalue weighted by molar-refractivity contribution is -0.0586. The van der Waals surface area contributed by atoms with Crippen molar-refractivity contribution < 1.29 is 14.3 Å². The Kier molecular flexibility index (Phi) is 9.95.